The van der Waals surface area contributed by atoms with E-state index in [0.29, 0.717) is 24.8 Å². The molecule has 0 aromatic rings. The Balaban J connectivity index is 1.87. The lowest BCUT2D eigenvalue weighted by atomic mass is 9.80. The van der Waals surface area contributed by atoms with E-state index in [1.807, 2.05) is 0 Å². The summed E-state index contributed by atoms with van der Waals surface area (Å²) in [5.41, 5.74) is -0.399. The van der Waals surface area contributed by atoms with E-state index >= 15 is 0 Å². The molecule has 6 heteroatoms. The quantitative estimate of drug-likeness (QED) is 0.606. The number of rotatable bonds is 4. The third-order valence-electron chi connectivity index (χ3n) is 3.83. The van der Waals surface area contributed by atoms with Gasteiger partial charge in [0.2, 0.25) is 5.91 Å². The SMILES string of the molecule is C=C(C)C(=O)NCC(=O)OC1CCC2CC1(C)OC2=O. The van der Waals surface area contributed by atoms with E-state index in [9.17, 15) is 14.4 Å². The van der Waals surface area contributed by atoms with E-state index in [-0.39, 0.29) is 24.3 Å². The van der Waals surface area contributed by atoms with Crippen LogP contribution in [0.5, 0.6) is 0 Å². The van der Waals surface area contributed by atoms with Gasteiger partial charge in [-0.05, 0) is 26.7 Å². The molecule has 6 nitrogen and oxygen atoms in total. The predicted molar refractivity (Wildman–Crippen MR) is 69.5 cm³/mol. The monoisotopic (exact) mass is 281 g/mol. The van der Waals surface area contributed by atoms with Crippen LogP contribution >= 0.6 is 0 Å². The highest BCUT2D eigenvalue weighted by Crippen LogP contribution is 2.43. The first kappa shape index (κ1) is 14.6. The molecule has 1 saturated heterocycles. The van der Waals surface area contributed by atoms with Crippen molar-refractivity contribution in [1.29, 1.82) is 0 Å². The van der Waals surface area contributed by atoms with Gasteiger partial charge in [0.25, 0.3) is 0 Å². The molecule has 0 radical (unpaired) electrons. The summed E-state index contributed by atoms with van der Waals surface area (Å²) in [5.74, 6) is -1.20. The largest absolute Gasteiger partial charge is 0.457 e. The number of nitrogens with one attached hydrogen (secondary N) is 1. The third-order valence-corrected chi connectivity index (χ3v) is 3.83. The van der Waals surface area contributed by atoms with Gasteiger partial charge in [-0.1, -0.05) is 6.58 Å². The molecule has 2 bridgehead atoms. The van der Waals surface area contributed by atoms with Crippen LogP contribution in [0, 0.1) is 5.92 Å². The molecule has 1 saturated carbocycles. The van der Waals surface area contributed by atoms with Gasteiger partial charge in [-0.3, -0.25) is 14.4 Å². The highest BCUT2D eigenvalue weighted by molar-refractivity contribution is 5.94. The standard InChI is InChI=1S/C14H19NO5/c1-8(2)12(17)15-7-11(16)19-10-5-4-9-6-14(10,3)20-13(9)18/h9-10H,1,4-7H2,2-3H3,(H,15,17). The second-order valence-corrected chi connectivity index (χ2v) is 5.65. The molecule has 1 N–H and O–H groups in total. The number of ether oxygens (including phenoxy) is 2. The second kappa shape index (κ2) is 5.26. The zero-order valence-electron chi connectivity index (χ0n) is 11.7. The van der Waals surface area contributed by atoms with E-state index in [4.69, 9.17) is 9.47 Å². The molecule has 2 aliphatic rings. The van der Waals surface area contributed by atoms with Crippen LogP contribution in [0.1, 0.15) is 33.1 Å². The number of carbonyl (C=O) groups excluding carboxylic acids is 3. The Bertz CT molecular complexity index is 472. The van der Waals surface area contributed by atoms with Gasteiger partial charge < -0.3 is 14.8 Å². The summed E-state index contributed by atoms with van der Waals surface area (Å²) in [6.07, 6.45) is 1.42. The molecular formula is C14H19NO5. The normalized spacial score (nSPS) is 31.4. The van der Waals surface area contributed by atoms with Gasteiger partial charge in [0.15, 0.2) is 0 Å². The van der Waals surface area contributed by atoms with Crippen molar-refractivity contribution in [3.8, 4) is 0 Å². The third kappa shape index (κ3) is 2.84. The Morgan fingerprint density at radius 2 is 2.20 bits per heavy atom. The topological polar surface area (TPSA) is 81.7 Å². The molecular weight excluding hydrogens is 262 g/mol. The second-order valence-electron chi connectivity index (χ2n) is 5.65. The van der Waals surface area contributed by atoms with Crippen LogP contribution in [0.2, 0.25) is 0 Å². The van der Waals surface area contributed by atoms with Crippen molar-refractivity contribution in [2.75, 3.05) is 6.54 Å². The molecule has 2 rings (SSSR count). The predicted octanol–water partition coefficient (Wildman–Crippen LogP) is 0.706. The van der Waals surface area contributed by atoms with Crippen molar-refractivity contribution in [2.24, 2.45) is 5.92 Å². The minimum absolute atomic E-state index is 0.0712. The summed E-state index contributed by atoms with van der Waals surface area (Å²) in [4.78, 5) is 34.6. The van der Waals surface area contributed by atoms with Crippen molar-refractivity contribution >= 4 is 17.8 Å². The molecule has 3 atom stereocenters. The van der Waals surface area contributed by atoms with E-state index in [1.165, 1.54) is 0 Å². The Morgan fingerprint density at radius 3 is 2.85 bits per heavy atom. The average molecular weight is 281 g/mol. The van der Waals surface area contributed by atoms with Gasteiger partial charge in [-0.2, -0.15) is 0 Å². The number of esters is 2. The number of hydrogen-bond donors (Lipinski definition) is 1. The Morgan fingerprint density at radius 1 is 1.50 bits per heavy atom. The van der Waals surface area contributed by atoms with E-state index in [2.05, 4.69) is 11.9 Å². The molecule has 1 amide bonds. The lowest BCUT2D eigenvalue weighted by molar-refractivity contribution is -0.172. The zero-order valence-corrected chi connectivity index (χ0v) is 11.7. The van der Waals surface area contributed by atoms with Crippen LogP contribution in [0.25, 0.3) is 0 Å². The first-order valence-corrected chi connectivity index (χ1v) is 6.68. The van der Waals surface area contributed by atoms with Gasteiger partial charge in [-0.15, -0.1) is 0 Å². The zero-order chi connectivity index (χ0) is 14.9. The van der Waals surface area contributed by atoms with Gasteiger partial charge in [0.1, 0.15) is 18.2 Å². The number of carbonyl (C=O) groups is 3. The molecule has 1 aliphatic carbocycles. The summed E-state index contributed by atoms with van der Waals surface area (Å²) in [5, 5.41) is 2.42. The first-order valence-electron chi connectivity index (χ1n) is 6.68. The van der Waals surface area contributed by atoms with Crippen molar-refractivity contribution in [3.63, 3.8) is 0 Å². The van der Waals surface area contributed by atoms with Gasteiger partial charge >= 0.3 is 11.9 Å². The van der Waals surface area contributed by atoms with Gasteiger partial charge in [0, 0.05) is 12.0 Å². The fourth-order valence-electron chi connectivity index (χ4n) is 2.69. The minimum atomic E-state index is -0.728. The molecule has 0 spiro atoms. The molecule has 2 fully saturated rings. The van der Waals surface area contributed by atoms with Crippen LogP contribution in [-0.4, -0.2) is 36.1 Å². The summed E-state index contributed by atoms with van der Waals surface area (Å²) < 4.78 is 10.7. The van der Waals surface area contributed by atoms with Crippen molar-refractivity contribution in [3.05, 3.63) is 12.2 Å². The maximum absolute atomic E-state index is 11.7. The Labute approximate surface area is 117 Å². The molecule has 1 heterocycles. The van der Waals surface area contributed by atoms with E-state index < -0.39 is 17.7 Å². The fourth-order valence-corrected chi connectivity index (χ4v) is 2.69. The van der Waals surface area contributed by atoms with Crippen LogP contribution in [-0.2, 0) is 23.9 Å². The number of amides is 1. The van der Waals surface area contributed by atoms with Crippen LogP contribution in [0.15, 0.2) is 12.2 Å². The molecule has 1 aliphatic heterocycles. The molecule has 20 heavy (non-hydrogen) atoms. The first-order chi connectivity index (χ1) is 9.32. The summed E-state index contributed by atoms with van der Waals surface area (Å²) in [7, 11) is 0. The maximum Gasteiger partial charge on any atom is 0.325 e. The minimum Gasteiger partial charge on any atom is -0.457 e. The summed E-state index contributed by atoms with van der Waals surface area (Å²) >= 11 is 0. The summed E-state index contributed by atoms with van der Waals surface area (Å²) in [6.45, 7) is 6.61. The van der Waals surface area contributed by atoms with Crippen LogP contribution < -0.4 is 5.32 Å². The van der Waals surface area contributed by atoms with Crippen molar-refractivity contribution < 1.29 is 23.9 Å². The van der Waals surface area contributed by atoms with Crippen molar-refractivity contribution in [2.45, 2.75) is 44.8 Å². The van der Waals surface area contributed by atoms with Crippen molar-refractivity contribution in [1.82, 2.24) is 5.32 Å². The van der Waals surface area contributed by atoms with Gasteiger partial charge in [-0.25, -0.2) is 0 Å². The highest BCUT2D eigenvalue weighted by atomic mass is 16.6. The lowest BCUT2D eigenvalue weighted by Crippen LogP contribution is -2.45. The van der Waals surface area contributed by atoms with Crippen LogP contribution in [0.3, 0.4) is 0 Å². The summed E-state index contributed by atoms with van der Waals surface area (Å²) in [6, 6.07) is 0. The molecule has 0 aromatic heterocycles. The Hall–Kier alpha value is -1.85. The highest BCUT2D eigenvalue weighted by Gasteiger charge is 2.53. The van der Waals surface area contributed by atoms with Crippen LogP contribution in [0.4, 0.5) is 0 Å². The van der Waals surface area contributed by atoms with E-state index in [0.717, 1.165) is 0 Å². The maximum atomic E-state index is 11.7. The number of fused-ring (bicyclic) bond motifs is 2. The Kier molecular flexibility index (Phi) is 3.83. The van der Waals surface area contributed by atoms with Gasteiger partial charge in [0.05, 0.1) is 5.92 Å². The molecule has 0 aromatic carbocycles. The fraction of sp³-hybridized carbons (Fsp3) is 0.643. The smallest absolute Gasteiger partial charge is 0.325 e. The van der Waals surface area contributed by atoms with E-state index in [1.54, 1.807) is 13.8 Å². The molecule has 110 valence electrons. The lowest BCUT2D eigenvalue weighted by Gasteiger charge is -2.34. The average Bonchev–Trinajstić information content (AvgIpc) is 2.61. The molecule has 3 unspecified atom stereocenters. The number of hydrogen-bond acceptors (Lipinski definition) is 5.